The molecular weight excluding hydrogens is 268 g/mol. The summed E-state index contributed by atoms with van der Waals surface area (Å²) in [6, 6.07) is 4.33. The van der Waals surface area contributed by atoms with Crippen molar-refractivity contribution in [3.8, 4) is 0 Å². The highest BCUT2D eigenvalue weighted by Crippen LogP contribution is 2.41. The Balaban J connectivity index is 1.79. The molecule has 1 N–H and O–H groups in total. The van der Waals surface area contributed by atoms with E-state index in [1.165, 1.54) is 16.2 Å². The molecule has 1 aromatic heterocycles. The normalized spacial score (nSPS) is 33.0. The first-order chi connectivity index (χ1) is 9.60. The second-order valence-corrected chi connectivity index (χ2v) is 7.64. The Morgan fingerprint density at radius 1 is 1.45 bits per heavy atom. The summed E-state index contributed by atoms with van der Waals surface area (Å²) in [6.45, 7) is 7.48. The smallest absolute Gasteiger partial charge is 0.241 e. The van der Waals surface area contributed by atoms with E-state index in [1.54, 1.807) is 11.3 Å². The molecule has 1 aliphatic heterocycles. The third-order valence-corrected chi connectivity index (χ3v) is 5.62. The van der Waals surface area contributed by atoms with Crippen LogP contribution in [-0.2, 0) is 4.79 Å². The molecule has 4 unspecified atom stereocenters. The summed E-state index contributed by atoms with van der Waals surface area (Å²) in [5.74, 6) is 1.81. The Morgan fingerprint density at radius 2 is 2.20 bits per heavy atom. The lowest BCUT2D eigenvalue weighted by molar-refractivity contribution is -0.130. The number of carbonyl (C=O) groups excluding carboxylic acids is 1. The van der Waals surface area contributed by atoms with Crippen LogP contribution in [0.25, 0.3) is 0 Å². The number of nitrogens with zero attached hydrogens (tertiary/aromatic N) is 1. The average molecular weight is 292 g/mol. The van der Waals surface area contributed by atoms with Gasteiger partial charge in [0.15, 0.2) is 0 Å². The van der Waals surface area contributed by atoms with Gasteiger partial charge in [-0.25, -0.2) is 0 Å². The Morgan fingerprint density at radius 3 is 2.75 bits per heavy atom. The fourth-order valence-electron chi connectivity index (χ4n) is 3.11. The van der Waals surface area contributed by atoms with Crippen molar-refractivity contribution in [1.29, 1.82) is 0 Å². The largest absolute Gasteiger partial charge is 0.320 e. The van der Waals surface area contributed by atoms with Crippen molar-refractivity contribution in [2.75, 3.05) is 6.54 Å². The molecule has 0 radical (unpaired) electrons. The lowest BCUT2D eigenvalue weighted by Gasteiger charge is -2.23. The number of aryl methyl sites for hydroxylation is 1. The van der Waals surface area contributed by atoms with Crippen LogP contribution in [0, 0.1) is 18.8 Å². The predicted molar refractivity (Wildman–Crippen MR) is 82.6 cm³/mol. The fraction of sp³-hybridized carbons (Fsp3) is 0.688. The van der Waals surface area contributed by atoms with Crippen LogP contribution in [-0.4, -0.2) is 23.4 Å². The predicted octanol–water partition coefficient (Wildman–Crippen LogP) is 3.31. The van der Waals surface area contributed by atoms with Crippen molar-refractivity contribution in [3.63, 3.8) is 0 Å². The molecule has 3 nitrogen and oxygen atoms in total. The maximum Gasteiger partial charge on any atom is 0.241 e. The number of hydrogen-bond acceptors (Lipinski definition) is 3. The van der Waals surface area contributed by atoms with Crippen LogP contribution in [0.3, 0.4) is 0 Å². The molecule has 1 aliphatic carbocycles. The minimum absolute atomic E-state index is 0.0152. The molecule has 4 heteroatoms. The van der Waals surface area contributed by atoms with Gasteiger partial charge in [-0.1, -0.05) is 20.3 Å². The molecular formula is C16H24N2OS. The van der Waals surface area contributed by atoms with Gasteiger partial charge in [-0.2, -0.15) is 0 Å². The number of thiophene rings is 1. The van der Waals surface area contributed by atoms with Crippen molar-refractivity contribution in [1.82, 2.24) is 10.2 Å². The van der Waals surface area contributed by atoms with Gasteiger partial charge in [0, 0.05) is 16.3 Å². The van der Waals surface area contributed by atoms with E-state index in [-0.39, 0.29) is 12.2 Å². The minimum atomic E-state index is 0.0152. The number of hydrogen-bond donors (Lipinski definition) is 1. The summed E-state index contributed by atoms with van der Waals surface area (Å²) >= 11 is 1.80. The van der Waals surface area contributed by atoms with Crippen LogP contribution in [0.15, 0.2) is 12.1 Å². The highest BCUT2D eigenvalue weighted by molar-refractivity contribution is 7.12. The van der Waals surface area contributed by atoms with E-state index in [9.17, 15) is 4.79 Å². The van der Waals surface area contributed by atoms with Gasteiger partial charge in [0.05, 0.1) is 6.04 Å². The van der Waals surface area contributed by atoms with Gasteiger partial charge in [-0.15, -0.1) is 11.3 Å². The van der Waals surface area contributed by atoms with Crippen LogP contribution in [0.4, 0.5) is 0 Å². The Kier molecular flexibility index (Phi) is 3.87. The molecule has 1 amide bonds. The summed E-state index contributed by atoms with van der Waals surface area (Å²) in [5, 5.41) is 3.56. The molecule has 4 atom stereocenters. The van der Waals surface area contributed by atoms with Gasteiger partial charge in [-0.3, -0.25) is 10.1 Å². The average Bonchev–Trinajstić information content (AvgIpc) is 2.80. The molecule has 2 aliphatic rings. The van der Waals surface area contributed by atoms with E-state index in [0.717, 1.165) is 25.3 Å². The van der Waals surface area contributed by atoms with Crippen LogP contribution < -0.4 is 5.32 Å². The van der Waals surface area contributed by atoms with E-state index < -0.39 is 0 Å². The van der Waals surface area contributed by atoms with E-state index in [0.29, 0.717) is 11.8 Å². The third kappa shape index (κ3) is 2.63. The molecule has 110 valence electrons. The molecule has 3 rings (SSSR count). The topological polar surface area (TPSA) is 32.3 Å². The number of carbonyl (C=O) groups is 1. The Labute approximate surface area is 125 Å². The fourth-order valence-corrected chi connectivity index (χ4v) is 4.06. The van der Waals surface area contributed by atoms with Crippen LogP contribution >= 0.6 is 11.3 Å². The first-order valence-electron chi connectivity index (χ1n) is 7.73. The molecule has 0 spiro atoms. The quantitative estimate of drug-likeness (QED) is 0.903. The monoisotopic (exact) mass is 292 g/mol. The lowest BCUT2D eigenvalue weighted by Crippen LogP contribution is -2.32. The van der Waals surface area contributed by atoms with Crippen LogP contribution in [0.5, 0.6) is 0 Å². The minimum Gasteiger partial charge on any atom is -0.320 e. The van der Waals surface area contributed by atoms with E-state index in [2.05, 4.69) is 43.1 Å². The Hall–Kier alpha value is -0.870. The molecule has 1 aromatic rings. The standard InChI is InChI=1S/C16H24N2OS/c1-4-5-13-16(19)18(9-12-8-10(12)2)15(17-13)14-7-6-11(3)20-14/h6-7,10,12-13,15,17H,4-5,8-9H2,1-3H3. The zero-order chi connectivity index (χ0) is 14.3. The first kappa shape index (κ1) is 14.1. The maximum absolute atomic E-state index is 12.6. The molecule has 20 heavy (non-hydrogen) atoms. The van der Waals surface area contributed by atoms with Crippen molar-refractivity contribution in [2.24, 2.45) is 11.8 Å². The van der Waals surface area contributed by atoms with E-state index in [1.807, 2.05) is 0 Å². The second-order valence-electron chi connectivity index (χ2n) is 6.32. The van der Waals surface area contributed by atoms with Crippen molar-refractivity contribution >= 4 is 17.2 Å². The molecule has 1 saturated carbocycles. The molecule has 0 bridgehead atoms. The third-order valence-electron chi connectivity index (χ3n) is 4.57. The van der Waals surface area contributed by atoms with Gasteiger partial charge in [0.2, 0.25) is 5.91 Å². The van der Waals surface area contributed by atoms with Crippen molar-refractivity contribution < 1.29 is 4.79 Å². The molecule has 1 saturated heterocycles. The summed E-state index contributed by atoms with van der Waals surface area (Å²) in [5.41, 5.74) is 0. The van der Waals surface area contributed by atoms with Crippen molar-refractivity contribution in [2.45, 2.75) is 52.2 Å². The van der Waals surface area contributed by atoms with E-state index >= 15 is 0 Å². The summed E-state index contributed by atoms with van der Waals surface area (Å²) in [6.07, 6.45) is 3.37. The number of amides is 1. The van der Waals surface area contributed by atoms with Crippen LogP contribution in [0.2, 0.25) is 0 Å². The summed E-state index contributed by atoms with van der Waals surface area (Å²) in [4.78, 5) is 17.3. The molecule has 0 aromatic carbocycles. The molecule has 2 fully saturated rings. The van der Waals surface area contributed by atoms with Gasteiger partial charge < -0.3 is 4.90 Å². The first-order valence-corrected chi connectivity index (χ1v) is 8.54. The highest BCUT2D eigenvalue weighted by Gasteiger charge is 2.44. The zero-order valence-electron chi connectivity index (χ0n) is 12.6. The summed E-state index contributed by atoms with van der Waals surface area (Å²) < 4.78 is 0. The van der Waals surface area contributed by atoms with Gasteiger partial charge in [0.25, 0.3) is 0 Å². The maximum atomic E-state index is 12.6. The lowest BCUT2D eigenvalue weighted by atomic mass is 10.1. The molecule has 2 heterocycles. The second kappa shape index (κ2) is 5.49. The van der Waals surface area contributed by atoms with Gasteiger partial charge in [0.1, 0.15) is 6.17 Å². The Bertz CT molecular complexity index is 498. The highest BCUT2D eigenvalue weighted by atomic mass is 32.1. The van der Waals surface area contributed by atoms with Crippen LogP contribution in [0.1, 0.15) is 49.0 Å². The zero-order valence-corrected chi connectivity index (χ0v) is 13.4. The SMILES string of the molecule is CCCC1NC(c2ccc(C)s2)N(CC2CC2C)C1=O. The van der Waals surface area contributed by atoms with Gasteiger partial charge in [-0.05, 0) is 43.7 Å². The number of rotatable bonds is 5. The van der Waals surface area contributed by atoms with Crippen molar-refractivity contribution in [3.05, 3.63) is 21.9 Å². The van der Waals surface area contributed by atoms with Gasteiger partial charge >= 0.3 is 0 Å². The summed E-state index contributed by atoms with van der Waals surface area (Å²) in [7, 11) is 0. The number of nitrogens with one attached hydrogen (secondary N) is 1. The van der Waals surface area contributed by atoms with E-state index in [4.69, 9.17) is 0 Å².